The minimum atomic E-state index is -3.52. The maximum Gasteiger partial charge on any atom is 0.265 e. The second-order valence-corrected chi connectivity index (χ2v) is 5.53. The Kier molecular flexibility index (Phi) is 4.85. The van der Waals surface area contributed by atoms with Crippen LogP contribution in [-0.4, -0.2) is 20.7 Å². The van der Waals surface area contributed by atoms with E-state index in [9.17, 15) is 17.2 Å². The number of nitrogen functional groups attached to an aromatic ring is 1. The van der Waals surface area contributed by atoms with Gasteiger partial charge in [-0.2, -0.15) is 0 Å². The van der Waals surface area contributed by atoms with Crippen LogP contribution in [0.15, 0.2) is 18.2 Å². The van der Waals surface area contributed by atoms with Crippen LogP contribution in [0.3, 0.4) is 0 Å². The van der Waals surface area contributed by atoms with Gasteiger partial charge in [0, 0.05) is 23.5 Å². The zero-order chi connectivity index (χ0) is 13.8. The Morgan fingerprint density at radius 1 is 1.33 bits per heavy atom. The van der Waals surface area contributed by atoms with E-state index in [1.54, 1.807) is 0 Å². The third-order valence-corrected chi connectivity index (χ3v) is 3.09. The van der Waals surface area contributed by atoms with Gasteiger partial charge in [-0.05, 0) is 24.6 Å². The van der Waals surface area contributed by atoms with E-state index in [4.69, 9.17) is 10.9 Å². The molecule has 1 aromatic rings. The molecule has 18 heavy (non-hydrogen) atoms. The van der Waals surface area contributed by atoms with E-state index < -0.39 is 16.4 Å². The number of sulfonamides is 1. The van der Waals surface area contributed by atoms with Crippen molar-refractivity contribution in [2.45, 2.75) is 12.8 Å². The Morgan fingerprint density at radius 3 is 2.56 bits per heavy atom. The Bertz CT molecular complexity index is 506. The zero-order valence-electron chi connectivity index (χ0n) is 9.57. The number of nitrogens with one attached hydrogen (secondary N) is 1. The molecule has 0 spiro atoms. The van der Waals surface area contributed by atoms with Gasteiger partial charge in [0.05, 0.1) is 5.75 Å². The summed E-state index contributed by atoms with van der Waals surface area (Å²) in [5, 5.41) is 7.56. The molecule has 0 fully saturated rings. The first kappa shape index (κ1) is 14.7. The van der Waals surface area contributed by atoms with Gasteiger partial charge < -0.3 is 11.1 Å². The molecule has 0 aliphatic rings. The van der Waals surface area contributed by atoms with Crippen molar-refractivity contribution in [3.63, 3.8) is 0 Å². The van der Waals surface area contributed by atoms with Gasteiger partial charge in [-0.15, -0.1) is 0 Å². The van der Waals surface area contributed by atoms with Crippen molar-refractivity contribution < 1.29 is 17.2 Å². The third kappa shape index (κ3) is 4.84. The number of rotatable bonds is 6. The second-order valence-electron chi connectivity index (χ2n) is 3.79. The first-order valence-corrected chi connectivity index (χ1v) is 6.93. The van der Waals surface area contributed by atoms with Crippen molar-refractivity contribution in [2.24, 2.45) is 5.14 Å². The average molecular weight is 279 g/mol. The van der Waals surface area contributed by atoms with Crippen LogP contribution >= 0.6 is 0 Å². The first-order valence-electron chi connectivity index (χ1n) is 5.21. The van der Waals surface area contributed by atoms with Crippen LogP contribution in [0.4, 0.5) is 20.2 Å². The smallest absolute Gasteiger partial charge is 0.265 e. The number of alkyl halides is 2. The topological polar surface area (TPSA) is 98.2 Å². The molecule has 8 heteroatoms. The highest BCUT2D eigenvalue weighted by Crippen LogP contribution is 2.28. The van der Waals surface area contributed by atoms with E-state index >= 15 is 0 Å². The van der Waals surface area contributed by atoms with Crippen molar-refractivity contribution in [2.75, 3.05) is 23.3 Å². The summed E-state index contributed by atoms with van der Waals surface area (Å²) in [7, 11) is -3.52. The molecule has 0 saturated carbocycles. The lowest BCUT2D eigenvalue weighted by atomic mass is 10.1. The average Bonchev–Trinajstić information content (AvgIpc) is 2.24. The Balaban J connectivity index is 2.62. The molecule has 1 rings (SSSR count). The highest BCUT2D eigenvalue weighted by atomic mass is 32.2. The molecule has 0 unspecified atom stereocenters. The van der Waals surface area contributed by atoms with Crippen LogP contribution in [-0.2, 0) is 10.0 Å². The largest absolute Gasteiger partial charge is 0.399 e. The van der Waals surface area contributed by atoms with Crippen LogP contribution in [0.5, 0.6) is 0 Å². The third-order valence-electron chi connectivity index (χ3n) is 2.23. The highest BCUT2D eigenvalue weighted by Gasteiger charge is 2.13. The van der Waals surface area contributed by atoms with Gasteiger partial charge in [-0.1, -0.05) is 0 Å². The molecule has 0 amide bonds. The Labute approximate surface area is 104 Å². The van der Waals surface area contributed by atoms with Gasteiger partial charge in [0.15, 0.2) is 0 Å². The summed E-state index contributed by atoms with van der Waals surface area (Å²) in [6.45, 7) is 0.236. The number of hydrogen-bond acceptors (Lipinski definition) is 4. The fourth-order valence-corrected chi connectivity index (χ4v) is 1.97. The lowest BCUT2D eigenvalue weighted by Gasteiger charge is -2.12. The predicted octanol–water partition coefficient (Wildman–Crippen LogP) is 1.30. The predicted molar refractivity (Wildman–Crippen MR) is 66.9 cm³/mol. The van der Waals surface area contributed by atoms with Gasteiger partial charge in [0.25, 0.3) is 6.43 Å². The van der Waals surface area contributed by atoms with Crippen LogP contribution in [0, 0.1) is 0 Å². The molecule has 102 valence electrons. The molecule has 5 N–H and O–H groups in total. The number of hydrogen-bond donors (Lipinski definition) is 3. The van der Waals surface area contributed by atoms with Gasteiger partial charge in [-0.25, -0.2) is 22.3 Å². The molecule has 0 heterocycles. The van der Waals surface area contributed by atoms with Crippen molar-refractivity contribution in [1.82, 2.24) is 0 Å². The minimum Gasteiger partial charge on any atom is -0.399 e. The maximum absolute atomic E-state index is 12.7. The van der Waals surface area contributed by atoms with Gasteiger partial charge in [0.1, 0.15) is 0 Å². The molecule has 0 saturated heterocycles. The van der Waals surface area contributed by atoms with E-state index in [1.807, 2.05) is 0 Å². The van der Waals surface area contributed by atoms with Crippen LogP contribution < -0.4 is 16.2 Å². The lowest BCUT2D eigenvalue weighted by molar-refractivity contribution is 0.152. The molecular formula is C10H15F2N3O2S. The number of anilines is 2. The quantitative estimate of drug-likeness (QED) is 0.540. The van der Waals surface area contributed by atoms with E-state index in [2.05, 4.69) is 5.32 Å². The molecule has 0 aliphatic carbocycles. The minimum absolute atomic E-state index is 0.195. The lowest BCUT2D eigenvalue weighted by Crippen LogP contribution is -2.19. The second kappa shape index (κ2) is 5.96. The molecular weight excluding hydrogens is 264 g/mol. The molecule has 0 aromatic heterocycles. The number of primary sulfonamides is 1. The Hall–Kier alpha value is -1.41. The summed E-state index contributed by atoms with van der Waals surface area (Å²) in [6.07, 6.45) is -2.40. The number of halogens is 2. The highest BCUT2D eigenvalue weighted by molar-refractivity contribution is 7.89. The van der Waals surface area contributed by atoms with Gasteiger partial charge in [0.2, 0.25) is 10.0 Å². The molecule has 0 atom stereocenters. The standard InChI is InChI=1S/C10H15F2N3O2S/c11-10(12)8-6-7(13)2-3-9(8)15-4-1-5-18(14,16)17/h2-3,6,10,15H,1,4-5,13H2,(H2,14,16,17). The summed E-state index contributed by atoms with van der Waals surface area (Å²) in [6, 6.07) is 4.12. The van der Waals surface area contributed by atoms with Crippen molar-refractivity contribution >= 4 is 21.4 Å². The van der Waals surface area contributed by atoms with E-state index in [-0.39, 0.29) is 35.7 Å². The molecule has 5 nitrogen and oxygen atoms in total. The van der Waals surface area contributed by atoms with E-state index in [0.29, 0.717) is 0 Å². The zero-order valence-corrected chi connectivity index (χ0v) is 10.4. The summed E-state index contributed by atoms with van der Waals surface area (Å²) in [5.74, 6) is -0.195. The van der Waals surface area contributed by atoms with Crippen LogP contribution in [0.25, 0.3) is 0 Å². The van der Waals surface area contributed by atoms with E-state index in [1.165, 1.54) is 18.2 Å². The number of benzene rings is 1. The monoisotopic (exact) mass is 279 g/mol. The maximum atomic E-state index is 12.7. The Morgan fingerprint density at radius 2 is 2.00 bits per heavy atom. The van der Waals surface area contributed by atoms with Crippen LogP contribution in [0.1, 0.15) is 18.4 Å². The van der Waals surface area contributed by atoms with Gasteiger partial charge >= 0.3 is 0 Å². The molecule has 0 radical (unpaired) electrons. The molecule has 0 bridgehead atoms. The van der Waals surface area contributed by atoms with E-state index in [0.717, 1.165) is 0 Å². The van der Waals surface area contributed by atoms with Crippen LogP contribution in [0.2, 0.25) is 0 Å². The number of nitrogens with two attached hydrogens (primary N) is 2. The van der Waals surface area contributed by atoms with Crippen molar-refractivity contribution in [1.29, 1.82) is 0 Å². The molecule has 1 aromatic carbocycles. The summed E-state index contributed by atoms with van der Waals surface area (Å²) < 4.78 is 46.7. The summed E-state index contributed by atoms with van der Waals surface area (Å²) in [4.78, 5) is 0. The first-order chi connectivity index (χ1) is 8.29. The molecule has 0 aliphatic heterocycles. The van der Waals surface area contributed by atoms with Crippen molar-refractivity contribution in [3.05, 3.63) is 23.8 Å². The van der Waals surface area contributed by atoms with Crippen molar-refractivity contribution in [3.8, 4) is 0 Å². The SMILES string of the molecule is Nc1ccc(NCCCS(N)(=O)=O)c(C(F)F)c1. The fraction of sp³-hybridized carbons (Fsp3) is 0.400. The summed E-state index contributed by atoms with van der Waals surface area (Å²) >= 11 is 0. The fourth-order valence-electron chi connectivity index (χ4n) is 1.42. The van der Waals surface area contributed by atoms with Gasteiger partial charge in [-0.3, -0.25) is 0 Å². The normalized spacial score (nSPS) is 11.8. The summed E-state index contributed by atoms with van der Waals surface area (Å²) in [5.41, 5.74) is 5.71.